The first-order valence-corrected chi connectivity index (χ1v) is 5.52. The average Bonchev–Trinajstić information content (AvgIpc) is 2.34. The predicted molar refractivity (Wildman–Crippen MR) is 63.3 cm³/mol. The van der Waals surface area contributed by atoms with Gasteiger partial charge in [-0.2, -0.15) is 0 Å². The highest BCUT2D eigenvalue weighted by Gasteiger charge is 2.24. The van der Waals surface area contributed by atoms with E-state index in [0.29, 0.717) is 6.61 Å². The Morgan fingerprint density at radius 3 is 2.53 bits per heavy atom. The number of methoxy groups -OCH3 is 1. The molecule has 0 aliphatic carbocycles. The topological polar surface area (TPSA) is 55.8 Å². The Morgan fingerprint density at radius 1 is 1.35 bits per heavy atom. The van der Waals surface area contributed by atoms with Crippen molar-refractivity contribution in [1.29, 1.82) is 0 Å². The van der Waals surface area contributed by atoms with E-state index < -0.39 is 18.0 Å². The van der Waals surface area contributed by atoms with Gasteiger partial charge >= 0.3 is 5.97 Å². The normalized spacial score (nSPS) is 14.1. The van der Waals surface area contributed by atoms with Crippen LogP contribution in [0, 0.1) is 5.92 Å². The smallest absolute Gasteiger partial charge is 0.313 e. The first-order chi connectivity index (χ1) is 8.15. The van der Waals surface area contributed by atoms with Crippen molar-refractivity contribution in [2.45, 2.75) is 19.6 Å². The Hall–Kier alpha value is -1.39. The summed E-state index contributed by atoms with van der Waals surface area (Å²) in [5.74, 6) is -1.09. The Bertz CT molecular complexity index is 335. The molecule has 2 atom stereocenters. The number of carbonyl (C=O) groups excluding carboxylic acids is 1. The quantitative estimate of drug-likeness (QED) is 0.761. The molecular weight excluding hydrogens is 220 g/mol. The van der Waals surface area contributed by atoms with Crippen LogP contribution in [0.2, 0.25) is 0 Å². The molecule has 1 aromatic rings. The summed E-state index contributed by atoms with van der Waals surface area (Å²) in [4.78, 5) is 11.3. The number of hydrogen-bond donors (Lipinski definition) is 1. The van der Waals surface area contributed by atoms with E-state index in [2.05, 4.69) is 4.74 Å². The van der Waals surface area contributed by atoms with E-state index in [0.717, 1.165) is 5.56 Å². The molecule has 17 heavy (non-hydrogen) atoms. The maximum atomic E-state index is 11.3. The zero-order chi connectivity index (χ0) is 12.7. The SMILES string of the molecule is COC(=O)[C@H](COCc1ccccc1)[C@@H](C)O. The Morgan fingerprint density at radius 2 is 2.00 bits per heavy atom. The third-order valence-electron chi connectivity index (χ3n) is 2.50. The van der Waals surface area contributed by atoms with Crippen molar-refractivity contribution in [3.8, 4) is 0 Å². The molecule has 0 radical (unpaired) electrons. The first-order valence-electron chi connectivity index (χ1n) is 5.52. The van der Waals surface area contributed by atoms with Gasteiger partial charge in [0.25, 0.3) is 0 Å². The number of rotatable bonds is 6. The standard InChI is InChI=1S/C13H18O4/c1-10(14)12(13(15)16-2)9-17-8-11-6-4-3-5-7-11/h3-7,10,12,14H,8-9H2,1-2H3/t10-,12-/m1/s1. The summed E-state index contributed by atoms with van der Waals surface area (Å²) in [6.07, 6.45) is -0.779. The molecule has 1 aromatic carbocycles. The predicted octanol–water partition coefficient (Wildman–Crippen LogP) is 1.37. The van der Waals surface area contributed by atoms with Gasteiger partial charge in [0.1, 0.15) is 5.92 Å². The molecule has 1 N–H and O–H groups in total. The molecule has 0 amide bonds. The summed E-state index contributed by atoms with van der Waals surface area (Å²) in [6, 6.07) is 9.65. The lowest BCUT2D eigenvalue weighted by molar-refractivity contribution is -0.152. The Balaban J connectivity index is 2.40. The van der Waals surface area contributed by atoms with Gasteiger partial charge in [0.15, 0.2) is 0 Å². The van der Waals surface area contributed by atoms with Crippen molar-refractivity contribution in [3.63, 3.8) is 0 Å². The number of carbonyl (C=O) groups is 1. The molecule has 0 fully saturated rings. The number of hydrogen-bond acceptors (Lipinski definition) is 4. The average molecular weight is 238 g/mol. The summed E-state index contributed by atoms with van der Waals surface area (Å²) in [7, 11) is 1.30. The van der Waals surface area contributed by atoms with Crippen LogP contribution in [0.3, 0.4) is 0 Å². The van der Waals surface area contributed by atoms with Crippen molar-refractivity contribution in [2.24, 2.45) is 5.92 Å². The number of esters is 1. The fraction of sp³-hybridized carbons (Fsp3) is 0.462. The minimum Gasteiger partial charge on any atom is -0.469 e. The molecule has 0 saturated carbocycles. The fourth-order valence-corrected chi connectivity index (χ4v) is 1.43. The molecule has 0 spiro atoms. The van der Waals surface area contributed by atoms with Gasteiger partial charge < -0.3 is 14.6 Å². The third kappa shape index (κ3) is 4.54. The summed E-state index contributed by atoms with van der Waals surface area (Å²) in [5.41, 5.74) is 1.03. The largest absolute Gasteiger partial charge is 0.469 e. The van der Waals surface area contributed by atoms with Gasteiger partial charge in [-0.15, -0.1) is 0 Å². The fourth-order valence-electron chi connectivity index (χ4n) is 1.43. The second kappa shape index (κ2) is 7.04. The van der Waals surface area contributed by atoms with E-state index in [9.17, 15) is 9.90 Å². The van der Waals surface area contributed by atoms with Crippen LogP contribution in [0.25, 0.3) is 0 Å². The maximum Gasteiger partial charge on any atom is 0.313 e. The Kier molecular flexibility index (Phi) is 5.66. The third-order valence-corrected chi connectivity index (χ3v) is 2.50. The molecule has 0 unspecified atom stereocenters. The van der Waals surface area contributed by atoms with Crippen LogP contribution in [-0.4, -0.2) is 30.9 Å². The second-order valence-corrected chi connectivity index (χ2v) is 3.87. The van der Waals surface area contributed by atoms with E-state index in [4.69, 9.17) is 4.74 Å². The number of ether oxygens (including phenoxy) is 2. The van der Waals surface area contributed by atoms with E-state index >= 15 is 0 Å². The van der Waals surface area contributed by atoms with E-state index in [1.165, 1.54) is 7.11 Å². The lowest BCUT2D eigenvalue weighted by atomic mass is 10.1. The highest BCUT2D eigenvalue weighted by molar-refractivity contribution is 5.73. The molecule has 0 saturated heterocycles. The zero-order valence-electron chi connectivity index (χ0n) is 10.1. The molecule has 0 aliphatic heterocycles. The zero-order valence-corrected chi connectivity index (χ0v) is 10.1. The summed E-state index contributed by atoms with van der Waals surface area (Å²) >= 11 is 0. The van der Waals surface area contributed by atoms with Crippen molar-refractivity contribution >= 4 is 5.97 Å². The lowest BCUT2D eigenvalue weighted by Crippen LogP contribution is -2.31. The number of aliphatic hydroxyl groups excluding tert-OH is 1. The van der Waals surface area contributed by atoms with E-state index in [-0.39, 0.29) is 6.61 Å². The minimum absolute atomic E-state index is 0.152. The molecule has 0 aliphatic rings. The summed E-state index contributed by atoms with van der Waals surface area (Å²) in [5, 5.41) is 9.43. The molecule has 1 rings (SSSR count). The highest BCUT2D eigenvalue weighted by Crippen LogP contribution is 2.09. The van der Waals surface area contributed by atoms with Crippen LogP contribution < -0.4 is 0 Å². The van der Waals surface area contributed by atoms with Crippen LogP contribution in [0.4, 0.5) is 0 Å². The van der Waals surface area contributed by atoms with Crippen molar-refractivity contribution in [2.75, 3.05) is 13.7 Å². The van der Waals surface area contributed by atoms with Gasteiger partial charge in [-0.25, -0.2) is 0 Å². The van der Waals surface area contributed by atoms with Crippen molar-refractivity contribution in [3.05, 3.63) is 35.9 Å². The van der Waals surface area contributed by atoms with Crippen LogP contribution >= 0.6 is 0 Å². The van der Waals surface area contributed by atoms with Crippen LogP contribution in [0.15, 0.2) is 30.3 Å². The van der Waals surface area contributed by atoms with Gasteiger partial charge in [0.05, 0.1) is 26.4 Å². The molecule has 0 heterocycles. The lowest BCUT2D eigenvalue weighted by Gasteiger charge is -2.17. The monoisotopic (exact) mass is 238 g/mol. The van der Waals surface area contributed by atoms with Gasteiger partial charge in [0, 0.05) is 0 Å². The van der Waals surface area contributed by atoms with E-state index in [1.807, 2.05) is 30.3 Å². The van der Waals surface area contributed by atoms with Gasteiger partial charge in [-0.1, -0.05) is 30.3 Å². The van der Waals surface area contributed by atoms with Crippen molar-refractivity contribution in [1.82, 2.24) is 0 Å². The van der Waals surface area contributed by atoms with Crippen LogP contribution in [0.5, 0.6) is 0 Å². The van der Waals surface area contributed by atoms with Gasteiger partial charge in [0.2, 0.25) is 0 Å². The Labute approximate surface area is 101 Å². The molecule has 0 bridgehead atoms. The molecule has 4 nitrogen and oxygen atoms in total. The van der Waals surface area contributed by atoms with Crippen molar-refractivity contribution < 1.29 is 19.4 Å². The number of aliphatic hydroxyl groups is 1. The molecule has 0 aromatic heterocycles. The van der Waals surface area contributed by atoms with Gasteiger partial charge in [-0.3, -0.25) is 4.79 Å². The number of benzene rings is 1. The summed E-state index contributed by atoms with van der Waals surface area (Å²) in [6.45, 7) is 2.12. The van der Waals surface area contributed by atoms with Crippen LogP contribution in [0.1, 0.15) is 12.5 Å². The minimum atomic E-state index is -0.779. The maximum absolute atomic E-state index is 11.3. The van der Waals surface area contributed by atoms with E-state index in [1.54, 1.807) is 6.92 Å². The van der Waals surface area contributed by atoms with Crippen LogP contribution in [-0.2, 0) is 20.9 Å². The molecule has 4 heteroatoms. The first kappa shape index (κ1) is 13.7. The molecular formula is C13H18O4. The summed E-state index contributed by atoms with van der Waals surface area (Å²) < 4.78 is 10.0. The van der Waals surface area contributed by atoms with Gasteiger partial charge in [-0.05, 0) is 12.5 Å². The highest BCUT2D eigenvalue weighted by atomic mass is 16.5. The molecule has 94 valence electrons. The second-order valence-electron chi connectivity index (χ2n) is 3.87.